The van der Waals surface area contributed by atoms with Crippen LogP contribution in [0.25, 0.3) is 0 Å². The summed E-state index contributed by atoms with van der Waals surface area (Å²) in [6.07, 6.45) is 5.12. The highest BCUT2D eigenvalue weighted by atomic mass is 15.2. The van der Waals surface area contributed by atoms with Gasteiger partial charge in [-0.25, -0.2) is 0 Å². The highest BCUT2D eigenvalue weighted by molar-refractivity contribution is 6.52. The number of hydrogen-bond acceptors (Lipinski definition) is 2. The second-order valence-corrected chi connectivity index (χ2v) is 6.89. The predicted molar refractivity (Wildman–Crippen MR) is 104 cm³/mol. The first-order valence-corrected chi connectivity index (χ1v) is 9.43. The summed E-state index contributed by atoms with van der Waals surface area (Å²) in [4.78, 5) is 5.38. The van der Waals surface area contributed by atoms with Crippen LogP contribution in [-0.4, -0.2) is 29.7 Å². The Bertz CT molecular complexity index is 538. The minimum absolute atomic E-state index is 0.569. The maximum Gasteiger partial charge on any atom is 0.311 e. The van der Waals surface area contributed by atoms with E-state index in [0.29, 0.717) is 6.98 Å². The van der Waals surface area contributed by atoms with E-state index >= 15 is 0 Å². The van der Waals surface area contributed by atoms with Gasteiger partial charge in [-0.2, -0.15) is 0 Å². The van der Waals surface area contributed by atoms with Crippen molar-refractivity contribution in [3.8, 4) is 0 Å². The Morgan fingerprint density at radius 2 is 1.29 bits per heavy atom. The van der Waals surface area contributed by atoms with Crippen LogP contribution in [0.2, 0.25) is 6.32 Å². The number of hydrogen-bond donors (Lipinski definition) is 0. The van der Waals surface area contributed by atoms with E-state index in [1.54, 1.807) is 0 Å². The summed E-state index contributed by atoms with van der Waals surface area (Å²) in [5, 5.41) is 0. The first kappa shape index (κ1) is 17.3. The second kappa shape index (κ2) is 9.05. The maximum atomic E-state index is 2.69. The molecule has 0 aromatic heterocycles. The molecular formula is C21H29BN2. The van der Waals surface area contributed by atoms with E-state index in [9.17, 15) is 0 Å². The van der Waals surface area contributed by atoms with Gasteiger partial charge in [0, 0.05) is 13.1 Å². The van der Waals surface area contributed by atoms with Crippen LogP contribution < -0.4 is 0 Å². The predicted octanol–water partition coefficient (Wildman–Crippen LogP) is 4.68. The Morgan fingerprint density at radius 1 is 0.792 bits per heavy atom. The summed E-state index contributed by atoms with van der Waals surface area (Å²) in [7, 11) is 0. The molecule has 2 aromatic rings. The number of unbranched alkanes of at least 4 members (excludes halogenated alkanes) is 1. The lowest BCUT2D eigenvalue weighted by Gasteiger charge is -2.42. The molecule has 2 nitrogen and oxygen atoms in total. The maximum absolute atomic E-state index is 2.69. The van der Waals surface area contributed by atoms with Gasteiger partial charge in [-0.1, -0.05) is 80.4 Å². The fraction of sp³-hybridized carbons (Fsp3) is 0.429. The Balaban J connectivity index is 1.72. The molecule has 0 radical (unpaired) electrons. The molecule has 1 heterocycles. The summed E-state index contributed by atoms with van der Waals surface area (Å²) in [6, 6.07) is 21.9. The average molecular weight is 320 g/mol. The van der Waals surface area contributed by atoms with Gasteiger partial charge in [0.2, 0.25) is 0 Å². The molecule has 126 valence electrons. The van der Waals surface area contributed by atoms with Crippen molar-refractivity contribution in [1.29, 1.82) is 0 Å². The Kier molecular flexibility index (Phi) is 6.51. The molecule has 2 aromatic carbocycles. The minimum Gasteiger partial charge on any atom is -0.324 e. The van der Waals surface area contributed by atoms with E-state index in [1.165, 1.54) is 49.8 Å². The fourth-order valence-electron chi connectivity index (χ4n) is 3.76. The first-order valence-electron chi connectivity index (χ1n) is 9.43. The quantitative estimate of drug-likeness (QED) is 0.683. The molecule has 1 aliphatic heterocycles. The van der Waals surface area contributed by atoms with Crippen molar-refractivity contribution in [3.05, 3.63) is 71.8 Å². The molecule has 0 saturated carbocycles. The average Bonchev–Trinajstić information content (AvgIpc) is 2.63. The Morgan fingerprint density at radius 3 is 1.75 bits per heavy atom. The van der Waals surface area contributed by atoms with Gasteiger partial charge in [0.15, 0.2) is 0 Å². The monoisotopic (exact) mass is 320 g/mol. The molecule has 0 N–H and O–H groups in total. The van der Waals surface area contributed by atoms with E-state index in [-0.39, 0.29) is 0 Å². The van der Waals surface area contributed by atoms with E-state index in [2.05, 4.69) is 77.2 Å². The van der Waals surface area contributed by atoms with Gasteiger partial charge >= 0.3 is 6.98 Å². The van der Waals surface area contributed by atoms with Gasteiger partial charge in [0.1, 0.15) is 0 Å². The van der Waals surface area contributed by atoms with Crippen LogP contribution in [0.1, 0.15) is 37.3 Å². The third-order valence-corrected chi connectivity index (χ3v) is 5.01. The van der Waals surface area contributed by atoms with E-state index < -0.39 is 0 Å². The van der Waals surface area contributed by atoms with Crippen LogP contribution in [0.15, 0.2) is 60.7 Å². The van der Waals surface area contributed by atoms with Crippen molar-refractivity contribution >= 4 is 6.98 Å². The lowest BCUT2D eigenvalue weighted by molar-refractivity contribution is 0.269. The van der Waals surface area contributed by atoms with Crippen molar-refractivity contribution in [3.63, 3.8) is 0 Å². The zero-order valence-electron chi connectivity index (χ0n) is 14.9. The normalized spacial score (nSPS) is 16.5. The van der Waals surface area contributed by atoms with Crippen LogP contribution in [0.5, 0.6) is 0 Å². The second-order valence-electron chi connectivity index (χ2n) is 6.89. The molecule has 0 aliphatic carbocycles. The van der Waals surface area contributed by atoms with Crippen molar-refractivity contribution in [2.24, 2.45) is 0 Å². The van der Waals surface area contributed by atoms with Crippen molar-refractivity contribution in [2.45, 2.75) is 45.6 Å². The SMILES string of the molecule is CCCCB1N(Cc2ccccc2)CCCN1Cc1ccccc1. The first-order chi connectivity index (χ1) is 11.9. The summed E-state index contributed by atoms with van der Waals surface area (Å²) in [6.45, 7) is 7.44. The lowest BCUT2D eigenvalue weighted by Crippen LogP contribution is -2.56. The van der Waals surface area contributed by atoms with E-state index in [1.807, 2.05) is 0 Å². The van der Waals surface area contributed by atoms with Crippen molar-refractivity contribution < 1.29 is 0 Å². The zero-order valence-corrected chi connectivity index (χ0v) is 14.9. The topological polar surface area (TPSA) is 6.48 Å². The molecule has 0 spiro atoms. The summed E-state index contributed by atoms with van der Waals surface area (Å²) < 4.78 is 0. The molecule has 0 unspecified atom stereocenters. The number of nitrogens with zero attached hydrogens (tertiary/aromatic N) is 2. The third kappa shape index (κ3) is 4.72. The highest BCUT2D eigenvalue weighted by Crippen LogP contribution is 2.21. The number of rotatable bonds is 7. The van der Waals surface area contributed by atoms with Gasteiger partial charge in [0.05, 0.1) is 0 Å². The molecule has 1 aliphatic rings. The molecule has 1 saturated heterocycles. The van der Waals surface area contributed by atoms with Gasteiger partial charge in [-0.05, 0) is 37.0 Å². The summed E-state index contributed by atoms with van der Waals surface area (Å²) >= 11 is 0. The largest absolute Gasteiger partial charge is 0.324 e. The van der Waals surface area contributed by atoms with Crippen LogP contribution in [0.3, 0.4) is 0 Å². The molecule has 0 bridgehead atoms. The smallest absolute Gasteiger partial charge is 0.311 e. The third-order valence-electron chi connectivity index (χ3n) is 5.01. The molecule has 0 amide bonds. The molecule has 1 fully saturated rings. The van der Waals surface area contributed by atoms with Gasteiger partial charge in [-0.3, -0.25) is 0 Å². The van der Waals surface area contributed by atoms with Crippen LogP contribution in [0.4, 0.5) is 0 Å². The molecule has 3 heteroatoms. The minimum atomic E-state index is 0.569. The van der Waals surface area contributed by atoms with Gasteiger partial charge < -0.3 is 9.62 Å². The number of benzene rings is 2. The lowest BCUT2D eigenvalue weighted by atomic mass is 9.64. The van der Waals surface area contributed by atoms with Crippen molar-refractivity contribution in [2.75, 3.05) is 13.1 Å². The molecule has 0 atom stereocenters. The fourth-order valence-corrected chi connectivity index (χ4v) is 3.76. The van der Waals surface area contributed by atoms with Crippen LogP contribution >= 0.6 is 0 Å². The Hall–Kier alpha value is -1.58. The highest BCUT2D eigenvalue weighted by Gasteiger charge is 2.33. The molecule has 3 rings (SSSR count). The van der Waals surface area contributed by atoms with Crippen LogP contribution in [-0.2, 0) is 13.1 Å². The Labute approximate surface area is 147 Å². The van der Waals surface area contributed by atoms with Gasteiger partial charge in [0.25, 0.3) is 0 Å². The van der Waals surface area contributed by atoms with E-state index in [0.717, 1.165) is 13.1 Å². The summed E-state index contributed by atoms with van der Waals surface area (Å²) in [5.74, 6) is 0. The van der Waals surface area contributed by atoms with Crippen molar-refractivity contribution in [1.82, 2.24) is 9.62 Å². The standard InChI is InChI=1S/C21H29BN2/c1-2-3-15-22-23(18-20-11-6-4-7-12-20)16-10-17-24(22)19-21-13-8-5-9-14-21/h4-9,11-14H,2-3,10,15-19H2,1H3. The zero-order chi connectivity index (χ0) is 16.6. The van der Waals surface area contributed by atoms with Crippen LogP contribution in [0, 0.1) is 0 Å². The molecular weight excluding hydrogens is 291 g/mol. The van der Waals surface area contributed by atoms with Gasteiger partial charge in [-0.15, -0.1) is 0 Å². The molecule has 24 heavy (non-hydrogen) atoms. The summed E-state index contributed by atoms with van der Waals surface area (Å²) in [5.41, 5.74) is 2.86. The van der Waals surface area contributed by atoms with E-state index in [4.69, 9.17) is 0 Å².